The van der Waals surface area contributed by atoms with Crippen molar-refractivity contribution in [3.8, 4) is 0 Å². The first kappa shape index (κ1) is 21.0. The summed E-state index contributed by atoms with van der Waals surface area (Å²) in [5.74, 6) is -0.251. The predicted octanol–water partition coefficient (Wildman–Crippen LogP) is 2.48. The number of carbonyl (C=O) groups excluding carboxylic acids is 2. The van der Waals surface area contributed by atoms with Crippen LogP contribution in [0.25, 0.3) is 0 Å². The zero-order chi connectivity index (χ0) is 20.9. The fourth-order valence-electron chi connectivity index (χ4n) is 3.14. The van der Waals surface area contributed by atoms with E-state index in [4.69, 9.17) is 0 Å². The topological polar surface area (TPSA) is 95.6 Å². The first-order chi connectivity index (χ1) is 13.9. The summed E-state index contributed by atoms with van der Waals surface area (Å²) in [6, 6.07) is 14.7. The van der Waals surface area contributed by atoms with E-state index in [1.165, 1.54) is 28.6 Å². The molecule has 0 aliphatic carbocycles. The van der Waals surface area contributed by atoms with E-state index in [0.29, 0.717) is 30.3 Å². The highest BCUT2D eigenvalue weighted by Crippen LogP contribution is 2.23. The lowest BCUT2D eigenvalue weighted by Crippen LogP contribution is -2.37. The van der Waals surface area contributed by atoms with Gasteiger partial charge in [-0.3, -0.25) is 9.59 Å². The number of nitrogens with zero attached hydrogens (tertiary/aromatic N) is 1. The van der Waals surface area contributed by atoms with Crippen molar-refractivity contribution >= 4 is 27.5 Å². The van der Waals surface area contributed by atoms with E-state index in [-0.39, 0.29) is 17.3 Å². The molecule has 0 atom stereocenters. The Kier molecular flexibility index (Phi) is 6.66. The monoisotopic (exact) mass is 415 g/mol. The molecule has 0 aromatic heterocycles. The molecule has 29 heavy (non-hydrogen) atoms. The van der Waals surface area contributed by atoms with Crippen LogP contribution in [-0.2, 0) is 14.8 Å². The summed E-state index contributed by atoms with van der Waals surface area (Å²) >= 11 is 0. The second-order valence-electron chi connectivity index (χ2n) is 7.21. The Balaban J connectivity index is 1.56. The molecule has 0 saturated carbocycles. The van der Waals surface area contributed by atoms with Gasteiger partial charge in [0.1, 0.15) is 0 Å². The molecule has 0 bridgehead atoms. The van der Waals surface area contributed by atoms with Gasteiger partial charge in [-0.15, -0.1) is 0 Å². The molecular weight excluding hydrogens is 390 g/mol. The molecule has 3 rings (SSSR count). The van der Waals surface area contributed by atoms with Gasteiger partial charge in [0.2, 0.25) is 15.9 Å². The Labute approximate surface area is 171 Å². The average Bonchev–Trinajstić information content (AvgIpc) is 2.73. The second-order valence-corrected chi connectivity index (χ2v) is 9.15. The maximum absolute atomic E-state index is 12.7. The number of para-hydroxylation sites is 1. The molecular formula is C21H25N3O4S. The third kappa shape index (κ3) is 5.42. The minimum atomic E-state index is -3.55. The van der Waals surface area contributed by atoms with Crippen LogP contribution in [0.3, 0.4) is 0 Å². The molecule has 1 aliphatic heterocycles. The van der Waals surface area contributed by atoms with Crippen molar-refractivity contribution in [1.29, 1.82) is 0 Å². The number of rotatable bonds is 6. The number of hydrogen-bond acceptors (Lipinski definition) is 4. The Hall–Kier alpha value is -2.71. The first-order valence-electron chi connectivity index (χ1n) is 9.59. The van der Waals surface area contributed by atoms with Crippen LogP contribution in [0, 0.1) is 5.92 Å². The van der Waals surface area contributed by atoms with Crippen LogP contribution in [-0.4, -0.2) is 44.2 Å². The number of carbonyl (C=O) groups is 2. The lowest BCUT2D eigenvalue weighted by molar-refractivity contribution is -0.115. The number of hydrogen-bond donors (Lipinski definition) is 2. The van der Waals surface area contributed by atoms with E-state index in [2.05, 4.69) is 17.6 Å². The molecule has 0 unspecified atom stereocenters. The van der Waals surface area contributed by atoms with Gasteiger partial charge in [-0.1, -0.05) is 25.1 Å². The maximum Gasteiger partial charge on any atom is 0.251 e. The highest BCUT2D eigenvalue weighted by Gasteiger charge is 2.28. The summed E-state index contributed by atoms with van der Waals surface area (Å²) in [5.41, 5.74) is 0.942. The number of sulfonamides is 1. The van der Waals surface area contributed by atoms with Gasteiger partial charge in [0.25, 0.3) is 5.91 Å². The van der Waals surface area contributed by atoms with Crippen molar-refractivity contribution in [3.05, 3.63) is 60.2 Å². The van der Waals surface area contributed by atoms with Crippen LogP contribution >= 0.6 is 0 Å². The van der Waals surface area contributed by atoms with E-state index < -0.39 is 15.9 Å². The molecule has 7 nitrogen and oxygen atoms in total. The second kappa shape index (κ2) is 9.19. The summed E-state index contributed by atoms with van der Waals surface area (Å²) in [6.07, 6.45) is 1.70. The van der Waals surface area contributed by atoms with E-state index in [1.54, 1.807) is 24.3 Å². The molecule has 2 N–H and O–H groups in total. The number of nitrogens with one attached hydrogen (secondary N) is 2. The smallest absolute Gasteiger partial charge is 0.251 e. The van der Waals surface area contributed by atoms with Crippen LogP contribution < -0.4 is 10.6 Å². The van der Waals surface area contributed by atoms with Gasteiger partial charge in [0.05, 0.1) is 11.4 Å². The molecule has 1 saturated heterocycles. The molecule has 1 fully saturated rings. The minimum Gasteiger partial charge on any atom is -0.343 e. The Morgan fingerprint density at radius 1 is 1.00 bits per heavy atom. The van der Waals surface area contributed by atoms with Crippen LogP contribution in [0.1, 0.15) is 30.1 Å². The normalized spacial score (nSPS) is 15.6. The Morgan fingerprint density at radius 3 is 2.24 bits per heavy atom. The van der Waals surface area contributed by atoms with Gasteiger partial charge in [-0.05, 0) is 55.2 Å². The predicted molar refractivity (Wildman–Crippen MR) is 111 cm³/mol. The van der Waals surface area contributed by atoms with Crippen molar-refractivity contribution in [3.63, 3.8) is 0 Å². The van der Waals surface area contributed by atoms with Crippen molar-refractivity contribution in [2.75, 3.05) is 25.0 Å². The highest BCUT2D eigenvalue weighted by atomic mass is 32.2. The molecule has 0 radical (unpaired) electrons. The summed E-state index contributed by atoms with van der Waals surface area (Å²) in [4.78, 5) is 24.3. The Bertz CT molecular complexity index is 951. The number of piperidine rings is 1. The van der Waals surface area contributed by atoms with E-state index in [0.717, 1.165) is 12.8 Å². The van der Waals surface area contributed by atoms with Crippen LogP contribution in [0.4, 0.5) is 5.69 Å². The van der Waals surface area contributed by atoms with Gasteiger partial charge in [0.15, 0.2) is 0 Å². The lowest BCUT2D eigenvalue weighted by Gasteiger charge is -2.29. The van der Waals surface area contributed by atoms with Crippen molar-refractivity contribution < 1.29 is 18.0 Å². The summed E-state index contributed by atoms with van der Waals surface area (Å²) < 4.78 is 27.0. The number of amides is 2. The van der Waals surface area contributed by atoms with Crippen molar-refractivity contribution in [2.45, 2.75) is 24.7 Å². The molecule has 0 spiro atoms. The fraction of sp³-hybridized carbons (Fsp3) is 0.333. The quantitative estimate of drug-likeness (QED) is 0.758. The lowest BCUT2D eigenvalue weighted by atomic mass is 10.0. The largest absolute Gasteiger partial charge is 0.343 e. The van der Waals surface area contributed by atoms with Gasteiger partial charge < -0.3 is 10.6 Å². The molecule has 1 aliphatic rings. The SMILES string of the molecule is CC1CCN(S(=O)(=O)c2ccc(C(=O)NCC(=O)Nc3ccccc3)cc2)CC1. The number of anilines is 1. The number of benzene rings is 2. The zero-order valence-corrected chi connectivity index (χ0v) is 17.1. The molecule has 2 amide bonds. The fourth-order valence-corrected chi connectivity index (χ4v) is 4.61. The maximum atomic E-state index is 12.7. The highest BCUT2D eigenvalue weighted by molar-refractivity contribution is 7.89. The molecule has 2 aromatic carbocycles. The average molecular weight is 416 g/mol. The van der Waals surface area contributed by atoms with Gasteiger partial charge in [-0.2, -0.15) is 4.31 Å². The zero-order valence-electron chi connectivity index (χ0n) is 16.3. The third-order valence-electron chi connectivity index (χ3n) is 4.96. The standard InChI is InChI=1S/C21H25N3O4S/c1-16-11-13-24(14-12-16)29(27,28)19-9-7-17(8-10-19)21(26)22-15-20(25)23-18-5-3-2-4-6-18/h2-10,16H,11-15H2,1H3,(H,22,26)(H,23,25). The van der Waals surface area contributed by atoms with Crippen LogP contribution in [0.2, 0.25) is 0 Å². The summed E-state index contributed by atoms with van der Waals surface area (Å²) in [6.45, 7) is 2.97. The molecule has 8 heteroatoms. The first-order valence-corrected chi connectivity index (χ1v) is 11.0. The minimum absolute atomic E-state index is 0.172. The van der Waals surface area contributed by atoms with Crippen molar-refractivity contribution in [1.82, 2.24) is 9.62 Å². The van der Waals surface area contributed by atoms with Gasteiger partial charge in [0, 0.05) is 24.3 Å². The van der Waals surface area contributed by atoms with Gasteiger partial charge in [-0.25, -0.2) is 8.42 Å². The van der Waals surface area contributed by atoms with E-state index in [1.807, 2.05) is 6.07 Å². The van der Waals surface area contributed by atoms with Gasteiger partial charge >= 0.3 is 0 Å². The van der Waals surface area contributed by atoms with Crippen LogP contribution in [0.5, 0.6) is 0 Å². The van der Waals surface area contributed by atoms with Crippen LogP contribution in [0.15, 0.2) is 59.5 Å². The summed E-state index contributed by atoms with van der Waals surface area (Å²) in [5, 5.41) is 5.21. The molecule has 154 valence electrons. The summed E-state index contributed by atoms with van der Waals surface area (Å²) in [7, 11) is -3.55. The van der Waals surface area contributed by atoms with E-state index >= 15 is 0 Å². The van der Waals surface area contributed by atoms with Crippen molar-refractivity contribution in [2.24, 2.45) is 5.92 Å². The van der Waals surface area contributed by atoms with E-state index in [9.17, 15) is 18.0 Å². The third-order valence-corrected chi connectivity index (χ3v) is 6.88. The molecule has 2 aromatic rings. The molecule has 1 heterocycles. The Morgan fingerprint density at radius 2 is 1.62 bits per heavy atom.